The Morgan fingerprint density at radius 1 is 1.56 bits per heavy atom. The van der Waals surface area contributed by atoms with Gasteiger partial charge >= 0.3 is 0 Å². The van der Waals surface area contributed by atoms with E-state index >= 15 is 0 Å². The van der Waals surface area contributed by atoms with E-state index in [2.05, 4.69) is 36.5 Å². The number of thioether (sulfide) groups is 1. The van der Waals surface area contributed by atoms with Crippen LogP contribution >= 0.6 is 11.8 Å². The second kappa shape index (κ2) is 6.25. The van der Waals surface area contributed by atoms with Gasteiger partial charge in [0.05, 0.1) is 6.04 Å². The van der Waals surface area contributed by atoms with Crippen LogP contribution in [-0.2, 0) is 4.79 Å². The Labute approximate surface area is 113 Å². The van der Waals surface area contributed by atoms with Crippen molar-refractivity contribution < 1.29 is 4.79 Å². The molecule has 1 fully saturated rings. The Balaban J connectivity index is 1.77. The lowest BCUT2D eigenvalue weighted by Gasteiger charge is -2.14. The fraction of sp³-hybridized carbons (Fsp3) is 0.500. The van der Waals surface area contributed by atoms with E-state index in [9.17, 15) is 4.79 Å². The third kappa shape index (κ3) is 4.35. The summed E-state index contributed by atoms with van der Waals surface area (Å²) in [7, 11) is 0. The summed E-state index contributed by atoms with van der Waals surface area (Å²) in [5.41, 5.74) is 6.67. The number of nitrogens with two attached hydrogens (primary N) is 1. The Morgan fingerprint density at radius 3 is 2.94 bits per heavy atom. The maximum atomic E-state index is 11.3. The molecule has 0 aliphatic heterocycles. The van der Waals surface area contributed by atoms with Crippen molar-refractivity contribution >= 4 is 17.7 Å². The fourth-order valence-corrected chi connectivity index (χ4v) is 2.88. The second-order valence-electron chi connectivity index (χ2n) is 4.85. The molecule has 18 heavy (non-hydrogen) atoms. The molecule has 2 rings (SSSR count). The number of hydrogen-bond acceptors (Lipinski definition) is 3. The number of carbonyl (C=O) groups excluding carboxylic acids is 1. The molecule has 0 bridgehead atoms. The first-order chi connectivity index (χ1) is 8.65. The molecular formula is C14H20N2OS. The average Bonchev–Trinajstić information content (AvgIpc) is 3.11. The first-order valence-corrected chi connectivity index (χ1v) is 7.38. The first-order valence-electron chi connectivity index (χ1n) is 6.40. The van der Waals surface area contributed by atoms with Crippen LogP contribution in [0.5, 0.6) is 0 Å². The van der Waals surface area contributed by atoms with Gasteiger partial charge in [-0.05, 0) is 44.1 Å². The molecule has 0 saturated heterocycles. The minimum Gasteiger partial charge on any atom is -0.368 e. The molecule has 0 spiro atoms. The lowest BCUT2D eigenvalue weighted by molar-refractivity contribution is -0.120. The molecule has 4 heteroatoms. The van der Waals surface area contributed by atoms with E-state index in [4.69, 9.17) is 5.73 Å². The summed E-state index contributed by atoms with van der Waals surface area (Å²) in [6.45, 7) is 2.09. The minimum atomic E-state index is -0.230. The summed E-state index contributed by atoms with van der Waals surface area (Å²) in [6, 6.07) is 8.77. The van der Waals surface area contributed by atoms with Crippen molar-refractivity contribution in [2.45, 2.75) is 43.2 Å². The van der Waals surface area contributed by atoms with Crippen LogP contribution in [0.4, 0.5) is 0 Å². The van der Waals surface area contributed by atoms with Gasteiger partial charge in [0, 0.05) is 10.9 Å². The standard InChI is InChI=1S/C14H20N2OS/c1-10-3-2-4-12(9-10)18-8-7-13(14(15)17)16-11-5-6-11/h2-4,9,11,13,16H,5-8H2,1H3,(H2,15,17). The minimum absolute atomic E-state index is 0.171. The van der Waals surface area contributed by atoms with E-state index in [-0.39, 0.29) is 11.9 Å². The van der Waals surface area contributed by atoms with Crippen molar-refractivity contribution in [3.63, 3.8) is 0 Å². The molecule has 3 nitrogen and oxygen atoms in total. The summed E-state index contributed by atoms with van der Waals surface area (Å²) in [4.78, 5) is 12.6. The number of hydrogen-bond donors (Lipinski definition) is 2. The van der Waals surface area contributed by atoms with E-state index in [1.165, 1.54) is 23.3 Å². The number of rotatable bonds is 7. The first kappa shape index (κ1) is 13.4. The second-order valence-corrected chi connectivity index (χ2v) is 6.02. The molecule has 1 amide bonds. The van der Waals surface area contributed by atoms with Crippen LogP contribution in [0.2, 0.25) is 0 Å². The van der Waals surface area contributed by atoms with Crippen LogP contribution in [0.1, 0.15) is 24.8 Å². The molecule has 0 heterocycles. The third-order valence-corrected chi connectivity index (χ3v) is 4.05. The molecule has 1 unspecified atom stereocenters. The molecule has 1 aromatic rings. The summed E-state index contributed by atoms with van der Waals surface area (Å²) in [5, 5.41) is 3.30. The average molecular weight is 264 g/mol. The van der Waals surface area contributed by atoms with Crippen LogP contribution in [0.3, 0.4) is 0 Å². The van der Waals surface area contributed by atoms with Gasteiger partial charge < -0.3 is 11.1 Å². The highest BCUT2D eigenvalue weighted by atomic mass is 32.2. The third-order valence-electron chi connectivity index (χ3n) is 3.02. The summed E-state index contributed by atoms with van der Waals surface area (Å²) in [5.74, 6) is 0.684. The summed E-state index contributed by atoms with van der Waals surface area (Å²) >= 11 is 1.78. The van der Waals surface area contributed by atoms with E-state index in [1.807, 2.05) is 0 Å². The maximum Gasteiger partial charge on any atom is 0.234 e. The van der Waals surface area contributed by atoms with Crippen LogP contribution in [-0.4, -0.2) is 23.7 Å². The van der Waals surface area contributed by atoms with E-state index < -0.39 is 0 Å². The Bertz CT molecular complexity index is 418. The van der Waals surface area contributed by atoms with Crippen molar-refractivity contribution in [2.75, 3.05) is 5.75 Å². The zero-order valence-electron chi connectivity index (χ0n) is 10.7. The SMILES string of the molecule is Cc1cccc(SCCC(NC2CC2)C(N)=O)c1. The topological polar surface area (TPSA) is 55.1 Å². The number of benzene rings is 1. The number of nitrogens with one attached hydrogen (secondary N) is 1. The predicted octanol–water partition coefficient (Wildman–Crippen LogP) is 2.08. The molecule has 0 aromatic heterocycles. The Hall–Kier alpha value is -1.00. The lowest BCUT2D eigenvalue weighted by atomic mass is 10.2. The number of amides is 1. The molecule has 3 N–H and O–H groups in total. The monoisotopic (exact) mass is 264 g/mol. The van der Waals surface area contributed by atoms with Crippen LogP contribution in [0.25, 0.3) is 0 Å². The molecular weight excluding hydrogens is 244 g/mol. The van der Waals surface area contributed by atoms with Gasteiger partial charge in [0.2, 0.25) is 5.91 Å². The van der Waals surface area contributed by atoms with Gasteiger partial charge in [0.1, 0.15) is 0 Å². The Kier molecular flexibility index (Phi) is 4.66. The van der Waals surface area contributed by atoms with E-state index in [0.29, 0.717) is 6.04 Å². The van der Waals surface area contributed by atoms with Crippen molar-refractivity contribution in [3.05, 3.63) is 29.8 Å². The van der Waals surface area contributed by atoms with Gasteiger partial charge in [0.25, 0.3) is 0 Å². The van der Waals surface area contributed by atoms with Gasteiger partial charge in [-0.1, -0.05) is 17.7 Å². The lowest BCUT2D eigenvalue weighted by Crippen LogP contribution is -2.42. The molecule has 0 radical (unpaired) electrons. The quantitative estimate of drug-likeness (QED) is 0.741. The molecule has 1 aliphatic rings. The van der Waals surface area contributed by atoms with Gasteiger partial charge in [-0.15, -0.1) is 11.8 Å². The van der Waals surface area contributed by atoms with Crippen LogP contribution in [0.15, 0.2) is 29.2 Å². The predicted molar refractivity (Wildman–Crippen MR) is 75.7 cm³/mol. The van der Waals surface area contributed by atoms with Gasteiger partial charge in [0.15, 0.2) is 0 Å². The molecule has 1 atom stereocenters. The highest BCUT2D eigenvalue weighted by Crippen LogP contribution is 2.22. The molecule has 1 aromatic carbocycles. The summed E-state index contributed by atoms with van der Waals surface area (Å²) < 4.78 is 0. The summed E-state index contributed by atoms with van der Waals surface area (Å²) in [6.07, 6.45) is 3.15. The highest BCUT2D eigenvalue weighted by molar-refractivity contribution is 7.99. The molecule has 1 saturated carbocycles. The molecule has 1 aliphatic carbocycles. The highest BCUT2D eigenvalue weighted by Gasteiger charge is 2.26. The zero-order chi connectivity index (χ0) is 13.0. The maximum absolute atomic E-state index is 11.3. The smallest absolute Gasteiger partial charge is 0.234 e. The van der Waals surface area contributed by atoms with Crippen molar-refractivity contribution in [2.24, 2.45) is 5.73 Å². The van der Waals surface area contributed by atoms with Crippen LogP contribution < -0.4 is 11.1 Å². The van der Waals surface area contributed by atoms with Gasteiger partial charge in [-0.25, -0.2) is 0 Å². The number of carbonyl (C=O) groups is 1. The van der Waals surface area contributed by atoms with Crippen LogP contribution in [0, 0.1) is 6.92 Å². The van der Waals surface area contributed by atoms with Crippen molar-refractivity contribution in [3.8, 4) is 0 Å². The number of aryl methyl sites for hydroxylation is 1. The van der Waals surface area contributed by atoms with Gasteiger partial charge in [-0.3, -0.25) is 4.79 Å². The van der Waals surface area contributed by atoms with E-state index in [0.717, 1.165) is 12.2 Å². The van der Waals surface area contributed by atoms with Gasteiger partial charge in [-0.2, -0.15) is 0 Å². The van der Waals surface area contributed by atoms with E-state index in [1.54, 1.807) is 11.8 Å². The normalized spacial score (nSPS) is 16.5. The zero-order valence-corrected chi connectivity index (χ0v) is 11.5. The fourth-order valence-electron chi connectivity index (χ4n) is 1.84. The molecule has 98 valence electrons. The largest absolute Gasteiger partial charge is 0.368 e. The van der Waals surface area contributed by atoms with Crippen molar-refractivity contribution in [1.82, 2.24) is 5.32 Å². The number of primary amides is 1. The Morgan fingerprint density at radius 2 is 2.33 bits per heavy atom. The van der Waals surface area contributed by atoms with Crippen molar-refractivity contribution in [1.29, 1.82) is 0 Å².